The van der Waals surface area contributed by atoms with E-state index >= 15 is 0 Å². The van der Waals surface area contributed by atoms with Gasteiger partial charge in [0.15, 0.2) is 29.6 Å². The van der Waals surface area contributed by atoms with Crippen molar-refractivity contribution in [1.82, 2.24) is 5.43 Å². The van der Waals surface area contributed by atoms with Gasteiger partial charge in [0.25, 0.3) is 11.8 Å². The van der Waals surface area contributed by atoms with Crippen molar-refractivity contribution < 1.29 is 28.5 Å². The van der Waals surface area contributed by atoms with Crippen LogP contribution in [0.3, 0.4) is 0 Å². The molecule has 0 spiro atoms. The Labute approximate surface area is 187 Å². The molecule has 0 aliphatic heterocycles. The number of nitrogens with zero attached hydrogens (tertiary/aromatic N) is 1. The molecule has 172 valence electrons. The van der Waals surface area contributed by atoms with Gasteiger partial charge in [-0.25, -0.2) is 5.43 Å². The number of carbonyl (C=O) groups excluding carboxylic acids is 2. The summed E-state index contributed by atoms with van der Waals surface area (Å²) in [6.45, 7) is 6.87. The summed E-state index contributed by atoms with van der Waals surface area (Å²) >= 11 is 0. The van der Waals surface area contributed by atoms with Gasteiger partial charge in [0, 0.05) is 5.56 Å². The number of ether oxygens (including phenoxy) is 4. The third-order valence-corrected chi connectivity index (χ3v) is 3.98. The highest BCUT2D eigenvalue weighted by Gasteiger charge is 2.12. The zero-order valence-electron chi connectivity index (χ0n) is 18.6. The fraction of sp³-hybridized carbons (Fsp3) is 0.348. The maximum Gasteiger partial charge on any atom is 0.271 e. The van der Waals surface area contributed by atoms with E-state index in [2.05, 4.69) is 10.5 Å². The van der Waals surface area contributed by atoms with E-state index in [1.807, 2.05) is 20.8 Å². The van der Waals surface area contributed by atoms with Gasteiger partial charge in [0.1, 0.15) is 0 Å². The number of nitrogens with one attached hydrogen (secondary N) is 1. The normalized spacial score (nSPS) is 10.6. The third kappa shape index (κ3) is 7.50. The van der Waals surface area contributed by atoms with E-state index in [1.54, 1.807) is 36.4 Å². The summed E-state index contributed by atoms with van der Waals surface area (Å²) in [6, 6.07) is 10.0. The highest BCUT2D eigenvalue weighted by atomic mass is 16.5. The number of amides is 2. The molecule has 0 atom stereocenters. The Bertz CT molecular complexity index is 945. The van der Waals surface area contributed by atoms with E-state index in [9.17, 15) is 9.59 Å². The number of carbonyl (C=O) groups is 2. The van der Waals surface area contributed by atoms with E-state index in [4.69, 9.17) is 24.7 Å². The largest absolute Gasteiger partial charge is 0.490 e. The predicted octanol–water partition coefficient (Wildman–Crippen LogP) is 2.90. The highest BCUT2D eigenvalue weighted by molar-refractivity contribution is 5.95. The number of nitrogens with two attached hydrogens (primary N) is 1. The van der Waals surface area contributed by atoms with Crippen molar-refractivity contribution in [3.63, 3.8) is 0 Å². The SMILES string of the molecule is CCCOc1ccc(C(=O)N/N=C/c2ccc(OCC(N)=O)c(OCC)c2)cc1OCC. The van der Waals surface area contributed by atoms with Gasteiger partial charge < -0.3 is 24.7 Å². The molecule has 32 heavy (non-hydrogen) atoms. The summed E-state index contributed by atoms with van der Waals surface area (Å²) in [7, 11) is 0. The van der Waals surface area contributed by atoms with Crippen molar-refractivity contribution in [2.75, 3.05) is 26.4 Å². The monoisotopic (exact) mass is 443 g/mol. The quantitative estimate of drug-likeness (QED) is 0.363. The van der Waals surface area contributed by atoms with Gasteiger partial charge in [-0.2, -0.15) is 5.10 Å². The molecule has 0 bridgehead atoms. The molecule has 2 amide bonds. The molecule has 0 saturated heterocycles. The Kier molecular flexibility index (Phi) is 9.83. The second-order valence-corrected chi connectivity index (χ2v) is 6.54. The van der Waals surface area contributed by atoms with Crippen molar-refractivity contribution in [2.24, 2.45) is 10.8 Å². The molecule has 0 aromatic heterocycles. The Morgan fingerprint density at radius 3 is 2.22 bits per heavy atom. The summed E-state index contributed by atoms with van der Waals surface area (Å²) in [4.78, 5) is 23.4. The maximum absolute atomic E-state index is 12.5. The second-order valence-electron chi connectivity index (χ2n) is 6.54. The van der Waals surface area contributed by atoms with Gasteiger partial charge in [-0.3, -0.25) is 9.59 Å². The first-order valence-electron chi connectivity index (χ1n) is 10.4. The number of hydrogen-bond acceptors (Lipinski definition) is 7. The minimum atomic E-state index is -0.585. The Hall–Kier alpha value is -3.75. The number of primary amides is 1. The smallest absolute Gasteiger partial charge is 0.271 e. The van der Waals surface area contributed by atoms with Crippen LogP contribution in [0, 0.1) is 0 Å². The minimum Gasteiger partial charge on any atom is -0.490 e. The Balaban J connectivity index is 2.08. The fourth-order valence-electron chi connectivity index (χ4n) is 2.62. The van der Waals surface area contributed by atoms with Gasteiger partial charge in [-0.1, -0.05) is 6.92 Å². The van der Waals surface area contributed by atoms with Crippen molar-refractivity contribution in [3.05, 3.63) is 47.5 Å². The van der Waals surface area contributed by atoms with Crippen LogP contribution in [0.2, 0.25) is 0 Å². The summed E-state index contributed by atoms with van der Waals surface area (Å²) in [5, 5.41) is 4.00. The molecule has 0 aliphatic rings. The topological polar surface area (TPSA) is 121 Å². The molecule has 2 aromatic carbocycles. The third-order valence-electron chi connectivity index (χ3n) is 3.98. The van der Waals surface area contributed by atoms with E-state index in [1.165, 1.54) is 6.21 Å². The van der Waals surface area contributed by atoms with Crippen LogP contribution < -0.4 is 30.1 Å². The summed E-state index contributed by atoms with van der Waals surface area (Å²) in [6.07, 6.45) is 2.34. The van der Waals surface area contributed by atoms with Crippen LogP contribution in [-0.4, -0.2) is 44.5 Å². The zero-order valence-corrected chi connectivity index (χ0v) is 18.6. The fourth-order valence-corrected chi connectivity index (χ4v) is 2.62. The lowest BCUT2D eigenvalue weighted by Gasteiger charge is -2.12. The molecule has 0 radical (unpaired) electrons. The number of benzene rings is 2. The van der Waals surface area contributed by atoms with Gasteiger partial charge in [0.05, 0.1) is 26.0 Å². The Morgan fingerprint density at radius 2 is 1.56 bits per heavy atom. The average Bonchev–Trinajstić information content (AvgIpc) is 2.78. The zero-order chi connectivity index (χ0) is 23.3. The standard InChI is InChI=1S/C23H29N3O6/c1-4-11-31-18-10-8-17(13-21(18)30-6-3)23(28)26-25-14-16-7-9-19(32-15-22(24)27)20(12-16)29-5-2/h7-10,12-14H,4-6,11,15H2,1-3H3,(H2,24,27)(H,26,28)/b25-14+. The van der Waals surface area contributed by atoms with Crippen molar-refractivity contribution in [2.45, 2.75) is 27.2 Å². The lowest BCUT2D eigenvalue weighted by Crippen LogP contribution is -2.20. The minimum absolute atomic E-state index is 0.254. The van der Waals surface area contributed by atoms with Crippen LogP contribution >= 0.6 is 0 Å². The van der Waals surface area contributed by atoms with Crippen LogP contribution in [-0.2, 0) is 4.79 Å². The van der Waals surface area contributed by atoms with Crippen LogP contribution in [0.1, 0.15) is 43.1 Å². The molecule has 2 rings (SSSR count). The first-order valence-corrected chi connectivity index (χ1v) is 10.4. The van der Waals surface area contributed by atoms with E-state index in [0.717, 1.165) is 6.42 Å². The maximum atomic E-state index is 12.5. The van der Waals surface area contributed by atoms with E-state index in [0.29, 0.717) is 53.9 Å². The molecule has 9 nitrogen and oxygen atoms in total. The van der Waals surface area contributed by atoms with Gasteiger partial charge in [0.2, 0.25) is 0 Å². The number of rotatable bonds is 13. The van der Waals surface area contributed by atoms with Crippen molar-refractivity contribution in [1.29, 1.82) is 0 Å². The van der Waals surface area contributed by atoms with Crippen LogP contribution in [0.15, 0.2) is 41.5 Å². The summed E-state index contributed by atoms with van der Waals surface area (Å²) < 4.78 is 22.1. The lowest BCUT2D eigenvalue weighted by atomic mass is 10.2. The predicted molar refractivity (Wildman–Crippen MR) is 121 cm³/mol. The first-order chi connectivity index (χ1) is 15.5. The summed E-state index contributed by atoms with van der Waals surface area (Å²) in [5.74, 6) is 0.948. The molecule has 0 heterocycles. The molecular formula is C23H29N3O6. The number of hydrogen-bond donors (Lipinski definition) is 2. The molecule has 0 saturated carbocycles. The molecule has 0 aliphatic carbocycles. The van der Waals surface area contributed by atoms with Gasteiger partial charge in [-0.05, 0) is 62.2 Å². The van der Waals surface area contributed by atoms with Gasteiger partial charge >= 0.3 is 0 Å². The second kappa shape index (κ2) is 12.8. The average molecular weight is 444 g/mol. The molecule has 3 N–H and O–H groups in total. The van der Waals surface area contributed by atoms with Crippen molar-refractivity contribution >= 4 is 18.0 Å². The van der Waals surface area contributed by atoms with Crippen LogP contribution in [0.5, 0.6) is 23.0 Å². The van der Waals surface area contributed by atoms with E-state index < -0.39 is 11.8 Å². The highest BCUT2D eigenvalue weighted by Crippen LogP contribution is 2.29. The lowest BCUT2D eigenvalue weighted by molar-refractivity contribution is -0.119. The Morgan fingerprint density at radius 1 is 0.906 bits per heavy atom. The van der Waals surface area contributed by atoms with Gasteiger partial charge in [-0.15, -0.1) is 0 Å². The first kappa shape index (κ1) is 24.5. The molecule has 0 fully saturated rings. The molecule has 9 heteroatoms. The molecule has 2 aromatic rings. The summed E-state index contributed by atoms with van der Waals surface area (Å²) in [5.41, 5.74) is 8.65. The van der Waals surface area contributed by atoms with Crippen LogP contribution in [0.4, 0.5) is 0 Å². The van der Waals surface area contributed by atoms with E-state index in [-0.39, 0.29) is 6.61 Å². The van der Waals surface area contributed by atoms with Crippen LogP contribution in [0.25, 0.3) is 0 Å². The van der Waals surface area contributed by atoms with Crippen molar-refractivity contribution in [3.8, 4) is 23.0 Å². The number of hydrazone groups is 1. The molecular weight excluding hydrogens is 414 g/mol. The molecule has 0 unspecified atom stereocenters.